The Hall–Kier alpha value is -1.46. The van der Waals surface area contributed by atoms with Crippen molar-refractivity contribution in [1.29, 1.82) is 0 Å². The third-order valence-corrected chi connectivity index (χ3v) is 4.79. The lowest BCUT2D eigenvalue weighted by Gasteiger charge is -2.17. The second-order valence-corrected chi connectivity index (χ2v) is 6.42. The van der Waals surface area contributed by atoms with Crippen molar-refractivity contribution in [3.05, 3.63) is 29.6 Å². The first-order valence-corrected chi connectivity index (χ1v) is 8.05. The van der Waals surface area contributed by atoms with E-state index in [0.717, 1.165) is 12.1 Å². The summed E-state index contributed by atoms with van der Waals surface area (Å²) in [6.07, 6.45) is 0.407. The highest BCUT2D eigenvalue weighted by atomic mass is 32.2. The van der Waals surface area contributed by atoms with Gasteiger partial charge in [0.25, 0.3) is 0 Å². The molecule has 1 heterocycles. The molecule has 1 saturated heterocycles. The lowest BCUT2D eigenvalue weighted by molar-refractivity contribution is 0.117. The zero-order valence-electron chi connectivity index (χ0n) is 11.6. The van der Waals surface area contributed by atoms with Crippen molar-refractivity contribution in [1.82, 2.24) is 4.72 Å². The average molecular weight is 312 g/mol. The quantitative estimate of drug-likeness (QED) is 0.801. The van der Waals surface area contributed by atoms with Gasteiger partial charge in [-0.1, -0.05) is 11.8 Å². The van der Waals surface area contributed by atoms with Crippen LogP contribution in [0.5, 0.6) is 0 Å². The zero-order chi connectivity index (χ0) is 15.5. The van der Waals surface area contributed by atoms with Crippen molar-refractivity contribution in [3.63, 3.8) is 0 Å². The van der Waals surface area contributed by atoms with Crippen molar-refractivity contribution in [2.45, 2.75) is 30.4 Å². The van der Waals surface area contributed by atoms with Crippen LogP contribution in [0.4, 0.5) is 4.39 Å². The van der Waals surface area contributed by atoms with Crippen LogP contribution in [-0.2, 0) is 14.8 Å². The summed E-state index contributed by atoms with van der Waals surface area (Å²) in [5.41, 5.74) is 5.37. The molecule has 2 rings (SSSR count). The Kier molecular flexibility index (Phi) is 4.96. The molecule has 114 valence electrons. The number of sulfonamides is 1. The second-order valence-electron chi connectivity index (χ2n) is 4.74. The Bertz CT molecular complexity index is 679. The highest BCUT2D eigenvalue weighted by molar-refractivity contribution is 7.89. The molecule has 5 nitrogen and oxygen atoms in total. The van der Waals surface area contributed by atoms with Gasteiger partial charge in [0.05, 0.1) is 23.6 Å². The smallest absolute Gasteiger partial charge is 0.242 e. The molecule has 0 bridgehead atoms. The first-order valence-electron chi connectivity index (χ1n) is 6.56. The largest absolute Gasteiger partial charge is 0.377 e. The van der Waals surface area contributed by atoms with E-state index in [9.17, 15) is 12.8 Å². The number of benzene rings is 1. The van der Waals surface area contributed by atoms with Gasteiger partial charge in [0.15, 0.2) is 0 Å². The molecular formula is C14H17FN2O3S. The third-order valence-electron chi connectivity index (χ3n) is 3.24. The lowest BCUT2D eigenvalue weighted by atomic mass is 10.2. The van der Waals surface area contributed by atoms with Crippen LogP contribution in [0.15, 0.2) is 23.1 Å². The molecule has 1 fully saturated rings. The van der Waals surface area contributed by atoms with Crippen molar-refractivity contribution in [2.75, 3.05) is 13.2 Å². The molecule has 2 unspecified atom stereocenters. The lowest BCUT2D eigenvalue weighted by Crippen LogP contribution is -2.39. The van der Waals surface area contributed by atoms with Gasteiger partial charge >= 0.3 is 0 Å². The first kappa shape index (κ1) is 15.9. The average Bonchev–Trinajstić information content (AvgIpc) is 2.81. The normalized spacial score (nSPS) is 21.9. The van der Waals surface area contributed by atoms with Crippen molar-refractivity contribution < 1.29 is 17.5 Å². The summed E-state index contributed by atoms with van der Waals surface area (Å²) >= 11 is 0. The van der Waals surface area contributed by atoms with Gasteiger partial charge in [0.1, 0.15) is 5.82 Å². The fraction of sp³-hybridized carbons (Fsp3) is 0.429. The molecule has 0 aliphatic carbocycles. The van der Waals surface area contributed by atoms with E-state index in [0.29, 0.717) is 13.0 Å². The zero-order valence-corrected chi connectivity index (χ0v) is 12.4. The van der Waals surface area contributed by atoms with Crippen LogP contribution in [0.3, 0.4) is 0 Å². The number of hydrogen-bond donors (Lipinski definition) is 2. The summed E-state index contributed by atoms with van der Waals surface area (Å²) in [7, 11) is -3.79. The minimum absolute atomic E-state index is 0.0519. The van der Waals surface area contributed by atoms with Crippen LogP contribution in [0.2, 0.25) is 0 Å². The van der Waals surface area contributed by atoms with Crippen LogP contribution in [0.1, 0.15) is 18.9 Å². The monoisotopic (exact) mass is 312 g/mol. The summed E-state index contributed by atoms with van der Waals surface area (Å²) in [6.45, 7) is 2.38. The van der Waals surface area contributed by atoms with Gasteiger partial charge in [-0.3, -0.25) is 0 Å². The molecule has 0 amide bonds. The van der Waals surface area contributed by atoms with Crippen molar-refractivity contribution >= 4 is 10.0 Å². The summed E-state index contributed by atoms with van der Waals surface area (Å²) in [5.74, 6) is 4.58. The topological polar surface area (TPSA) is 81.4 Å². The van der Waals surface area contributed by atoms with Crippen molar-refractivity contribution in [3.8, 4) is 11.8 Å². The molecule has 0 saturated carbocycles. The number of hydrogen-bond acceptors (Lipinski definition) is 4. The van der Waals surface area contributed by atoms with Crippen LogP contribution in [0, 0.1) is 17.7 Å². The van der Waals surface area contributed by atoms with Crippen molar-refractivity contribution in [2.24, 2.45) is 5.73 Å². The maximum atomic E-state index is 13.3. The molecule has 1 aromatic rings. The molecule has 0 spiro atoms. The first-order chi connectivity index (χ1) is 9.94. The van der Waals surface area contributed by atoms with E-state index < -0.39 is 15.8 Å². The second kappa shape index (κ2) is 6.54. The van der Waals surface area contributed by atoms with Gasteiger partial charge in [-0.25, -0.2) is 17.5 Å². The summed E-state index contributed by atoms with van der Waals surface area (Å²) in [6, 6.07) is 3.09. The molecule has 0 aromatic heterocycles. The van der Waals surface area contributed by atoms with Gasteiger partial charge < -0.3 is 10.5 Å². The van der Waals surface area contributed by atoms with Crippen LogP contribution in [0.25, 0.3) is 0 Å². The predicted octanol–water partition coefficient (Wildman–Crippen LogP) is 0.592. The van der Waals surface area contributed by atoms with Crippen LogP contribution in [-0.4, -0.2) is 33.7 Å². The fourth-order valence-electron chi connectivity index (χ4n) is 2.13. The maximum Gasteiger partial charge on any atom is 0.242 e. The van der Waals surface area contributed by atoms with E-state index in [1.165, 1.54) is 6.07 Å². The standard InChI is InChI=1S/C14H17FN2O3S/c1-10-13(6-8-20-10)17-21(18,19)14-5-4-12(15)9-11(14)3-2-7-16/h4-5,9-10,13,17H,6-8,16H2,1H3. The fourth-order valence-corrected chi connectivity index (χ4v) is 3.61. The summed E-state index contributed by atoms with van der Waals surface area (Å²) < 4.78 is 46.1. The molecule has 7 heteroatoms. The van der Waals surface area contributed by atoms with Gasteiger partial charge in [-0.15, -0.1) is 0 Å². The number of ether oxygens (including phenoxy) is 1. The molecule has 1 aromatic carbocycles. The van der Waals surface area contributed by atoms with Gasteiger partial charge in [0, 0.05) is 12.2 Å². The van der Waals surface area contributed by atoms with E-state index in [2.05, 4.69) is 16.6 Å². The number of nitrogens with two attached hydrogens (primary N) is 1. The molecule has 21 heavy (non-hydrogen) atoms. The SMILES string of the molecule is CC1OCCC1NS(=O)(=O)c1ccc(F)cc1C#CCN. The van der Waals surface area contributed by atoms with E-state index in [1.54, 1.807) is 6.92 Å². The van der Waals surface area contributed by atoms with Gasteiger partial charge in [-0.05, 0) is 31.5 Å². The van der Waals surface area contributed by atoms with Gasteiger partial charge in [-0.2, -0.15) is 0 Å². The third kappa shape index (κ3) is 3.80. The van der Waals surface area contributed by atoms with Crippen LogP contribution >= 0.6 is 0 Å². The Morgan fingerprint density at radius 2 is 2.29 bits per heavy atom. The number of nitrogens with one attached hydrogen (secondary N) is 1. The summed E-state index contributed by atoms with van der Waals surface area (Å²) in [4.78, 5) is -0.0519. The molecule has 1 aliphatic rings. The van der Waals surface area contributed by atoms with E-state index in [1.807, 2.05) is 0 Å². The molecule has 1 aliphatic heterocycles. The van der Waals surface area contributed by atoms with E-state index in [4.69, 9.17) is 10.5 Å². The van der Waals surface area contributed by atoms with E-state index >= 15 is 0 Å². The predicted molar refractivity (Wildman–Crippen MR) is 76.5 cm³/mol. The van der Waals surface area contributed by atoms with Gasteiger partial charge in [0.2, 0.25) is 10.0 Å². The van der Waals surface area contributed by atoms with Crippen LogP contribution < -0.4 is 10.5 Å². The molecule has 0 radical (unpaired) electrons. The Morgan fingerprint density at radius 1 is 1.52 bits per heavy atom. The Morgan fingerprint density at radius 3 is 2.90 bits per heavy atom. The summed E-state index contributed by atoms with van der Waals surface area (Å²) in [5, 5.41) is 0. The van der Waals surface area contributed by atoms with E-state index in [-0.39, 0.29) is 29.1 Å². The molecule has 2 atom stereocenters. The maximum absolute atomic E-state index is 13.3. The molecular weight excluding hydrogens is 295 g/mol. The highest BCUT2D eigenvalue weighted by Gasteiger charge is 2.30. The Labute approximate surface area is 123 Å². The highest BCUT2D eigenvalue weighted by Crippen LogP contribution is 2.20. The molecule has 3 N–H and O–H groups in total. The number of rotatable bonds is 3. The Balaban J connectivity index is 2.35. The minimum atomic E-state index is -3.79. The minimum Gasteiger partial charge on any atom is -0.377 e. The number of halogens is 1.